The van der Waals surface area contributed by atoms with Crippen molar-refractivity contribution in [3.8, 4) is 10.8 Å². The number of aliphatic hydroxyl groups excluding tert-OH is 1. The summed E-state index contributed by atoms with van der Waals surface area (Å²) in [6.07, 6.45) is 0.832. The summed E-state index contributed by atoms with van der Waals surface area (Å²) in [6, 6.07) is 12.2. The second-order valence-corrected chi connectivity index (χ2v) is 7.31. The van der Waals surface area contributed by atoms with Gasteiger partial charge in [0.15, 0.2) is 10.8 Å². The molecule has 3 heterocycles. The van der Waals surface area contributed by atoms with Gasteiger partial charge in [-0.3, -0.25) is 4.90 Å². The third-order valence-corrected chi connectivity index (χ3v) is 5.59. The summed E-state index contributed by atoms with van der Waals surface area (Å²) in [5, 5.41) is 10.6. The topological polar surface area (TPSA) is 49.5 Å². The highest BCUT2D eigenvalue weighted by atomic mass is 32.1. The molecule has 1 aliphatic heterocycles. The third kappa shape index (κ3) is 3.04. The van der Waals surface area contributed by atoms with Crippen molar-refractivity contribution in [1.29, 1.82) is 0 Å². The molecule has 1 saturated heterocycles. The molecule has 0 radical (unpaired) electrons. The van der Waals surface area contributed by atoms with Gasteiger partial charge in [-0.1, -0.05) is 12.1 Å². The summed E-state index contributed by atoms with van der Waals surface area (Å²) in [6.45, 7) is 4.64. The van der Waals surface area contributed by atoms with E-state index in [1.165, 1.54) is 4.70 Å². The average Bonchev–Trinajstić information content (AvgIpc) is 3.25. The van der Waals surface area contributed by atoms with Crippen LogP contribution in [0.25, 0.3) is 21.0 Å². The third-order valence-electron chi connectivity index (χ3n) is 4.54. The van der Waals surface area contributed by atoms with E-state index in [-0.39, 0.29) is 6.10 Å². The van der Waals surface area contributed by atoms with Crippen LogP contribution in [0, 0.1) is 5.92 Å². The van der Waals surface area contributed by atoms with Crippen LogP contribution in [0.1, 0.15) is 19.1 Å². The molecule has 2 atom stereocenters. The minimum Gasteiger partial charge on any atom is -0.457 e. The van der Waals surface area contributed by atoms with Gasteiger partial charge in [-0.15, -0.1) is 11.3 Å². The second kappa shape index (κ2) is 6.07. The van der Waals surface area contributed by atoms with E-state index in [1.807, 2.05) is 37.3 Å². The zero-order valence-corrected chi connectivity index (χ0v) is 13.9. The monoisotopic (exact) mass is 328 g/mol. The van der Waals surface area contributed by atoms with Crippen molar-refractivity contribution >= 4 is 21.6 Å². The fraction of sp³-hybridized carbons (Fsp3) is 0.389. The predicted molar refractivity (Wildman–Crippen MR) is 92.4 cm³/mol. The lowest BCUT2D eigenvalue weighted by molar-refractivity contribution is 0.126. The zero-order chi connectivity index (χ0) is 15.8. The van der Waals surface area contributed by atoms with Gasteiger partial charge in [0.1, 0.15) is 5.76 Å². The van der Waals surface area contributed by atoms with Crippen molar-refractivity contribution in [2.75, 3.05) is 13.1 Å². The minimum absolute atomic E-state index is 0.227. The van der Waals surface area contributed by atoms with Crippen molar-refractivity contribution in [3.05, 3.63) is 42.2 Å². The van der Waals surface area contributed by atoms with Crippen LogP contribution in [0.3, 0.4) is 0 Å². The Morgan fingerprint density at radius 1 is 1.35 bits per heavy atom. The lowest BCUT2D eigenvalue weighted by Crippen LogP contribution is -2.23. The molecule has 1 N–H and O–H groups in total. The van der Waals surface area contributed by atoms with Crippen LogP contribution < -0.4 is 0 Å². The standard InChI is InChI=1S/C18H20N2O2S/c1-12(21)13-8-9-20(10-13)11-14-6-7-16(22-14)18-19-15-4-2-3-5-17(15)23-18/h2-7,12-13,21H,8-11H2,1H3. The Hall–Kier alpha value is -1.69. The number of rotatable bonds is 4. The van der Waals surface area contributed by atoms with Gasteiger partial charge in [-0.05, 0) is 50.1 Å². The molecule has 3 aromatic rings. The smallest absolute Gasteiger partial charge is 0.163 e. The molecule has 0 amide bonds. The molecule has 120 valence electrons. The molecule has 4 rings (SSSR count). The Morgan fingerprint density at radius 3 is 3.00 bits per heavy atom. The number of nitrogens with zero attached hydrogens (tertiary/aromatic N) is 2. The molecule has 1 aromatic carbocycles. The molecule has 0 saturated carbocycles. The Kier molecular flexibility index (Phi) is 3.93. The minimum atomic E-state index is -0.227. The quantitative estimate of drug-likeness (QED) is 0.792. The number of aliphatic hydroxyl groups is 1. The van der Waals surface area contributed by atoms with Crippen LogP contribution in [0.4, 0.5) is 0 Å². The number of para-hydroxylation sites is 1. The maximum Gasteiger partial charge on any atom is 0.163 e. The Labute approximate surface area is 139 Å². The number of likely N-dealkylation sites (tertiary alicyclic amines) is 1. The molecular formula is C18H20N2O2S. The van der Waals surface area contributed by atoms with Crippen molar-refractivity contribution in [1.82, 2.24) is 9.88 Å². The Morgan fingerprint density at radius 2 is 2.22 bits per heavy atom. The number of thiazole rings is 1. The van der Waals surface area contributed by atoms with Crippen LogP contribution in [0.2, 0.25) is 0 Å². The van der Waals surface area contributed by atoms with Gasteiger partial charge in [0, 0.05) is 6.54 Å². The van der Waals surface area contributed by atoms with E-state index in [4.69, 9.17) is 4.42 Å². The van der Waals surface area contributed by atoms with Crippen LogP contribution in [-0.4, -0.2) is 34.2 Å². The van der Waals surface area contributed by atoms with Gasteiger partial charge >= 0.3 is 0 Å². The van der Waals surface area contributed by atoms with Crippen LogP contribution in [0.5, 0.6) is 0 Å². The Bertz CT molecular complexity index is 775. The molecule has 2 unspecified atom stereocenters. The maximum absolute atomic E-state index is 9.70. The van der Waals surface area contributed by atoms with Crippen LogP contribution >= 0.6 is 11.3 Å². The highest BCUT2D eigenvalue weighted by Gasteiger charge is 2.26. The van der Waals surface area contributed by atoms with E-state index in [1.54, 1.807) is 11.3 Å². The fourth-order valence-electron chi connectivity index (χ4n) is 3.18. The second-order valence-electron chi connectivity index (χ2n) is 6.28. The molecule has 5 heteroatoms. The van der Waals surface area contributed by atoms with Crippen LogP contribution in [0.15, 0.2) is 40.8 Å². The predicted octanol–water partition coefficient (Wildman–Crippen LogP) is 3.76. The first-order chi connectivity index (χ1) is 11.2. The lowest BCUT2D eigenvalue weighted by Gasteiger charge is -2.15. The molecule has 4 nitrogen and oxygen atoms in total. The number of aromatic nitrogens is 1. The van der Waals surface area contributed by atoms with Crippen molar-refractivity contribution in [2.45, 2.75) is 26.0 Å². The first-order valence-corrected chi connectivity index (χ1v) is 8.86. The van der Waals surface area contributed by atoms with E-state index in [0.717, 1.165) is 48.1 Å². The van der Waals surface area contributed by atoms with Gasteiger partial charge in [0.05, 0.1) is 22.9 Å². The summed E-state index contributed by atoms with van der Waals surface area (Å²) < 4.78 is 7.18. The van der Waals surface area contributed by atoms with Crippen molar-refractivity contribution < 1.29 is 9.52 Å². The first kappa shape index (κ1) is 14.9. The van der Waals surface area contributed by atoms with Crippen molar-refractivity contribution in [3.63, 3.8) is 0 Å². The Balaban J connectivity index is 1.48. The van der Waals surface area contributed by atoms with E-state index < -0.39 is 0 Å². The molecule has 0 bridgehead atoms. The fourth-order valence-corrected chi connectivity index (χ4v) is 4.10. The number of benzene rings is 1. The average molecular weight is 328 g/mol. The molecule has 2 aromatic heterocycles. The number of fused-ring (bicyclic) bond motifs is 1. The van der Waals surface area contributed by atoms with Gasteiger partial charge in [0.25, 0.3) is 0 Å². The summed E-state index contributed by atoms with van der Waals surface area (Å²) in [5.41, 5.74) is 1.02. The number of hydrogen-bond donors (Lipinski definition) is 1. The molecule has 23 heavy (non-hydrogen) atoms. The molecule has 0 aliphatic carbocycles. The van der Waals surface area contributed by atoms with E-state index in [0.29, 0.717) is 5.92 Å². The SMILES string of the molecule is CC(O)C1CCN(Cc2ccc(-c3nc4ccccc4s3)o2)C1. The zero-order valence-electron chi connectivity index (χ0n) is 13.1. The summed E-state index contributed by atoms with van der Waals surface area (Å²) in [5.74, 6) is 2.19. The van der Waals surface area contributed by atoms with E-state index in [2.05, 4.69) is 16.0 Å². The highest BCUT2D eigenvalue weighted by molar-refractivity contribution is 7.21. The molecule has 1 aliphatic rings. The highest BCUT2D eigenvalue weighted by Crippen LogP contribution is 2.31. The summed E-state index contributed by atoms with van der Waals surface area (Å²) >= 11 is 1.66. The summed E-state index contributed by atoms with van der Waals surface area (Å²) in [4.78, 5) is 6.99. The molecule has 0 spiro atoms. The van der Waals surface area contributed by atoms with Gasteiger partial charge in [-0.25, -0.2) is 4.98 Å². The molecular weight excluding hydrogens is 308 g/mol. The largest absolute Gasteiger partial charge is 0.457 e. The molecule has 1 fully saturated rings. The summed E-state index contributed by atoms with van der Waals surface area (Å²) in [7, 11) is 0. The van der Waals surface area contributed by atoms with Gasteiger partial charge in [-0.2, -0.15) is 0 Å². The number of furan rings is 1. The first-order valence-electron chi connectivity index (χ1n) is 8.04. The van der Waals surface area contributed by atoms with Crippen LogP contribution in [-0.2, 0) is 6.54 Å². The normalized spacial score (nSPS) is 20.3. The maximum atomic E-state index is 9.70. The lowest BCUT2D eigenvalue weighted by atomic mass is 10.0. The van der Waals surface area contributed by atoms with Gasteiger partial charge in [0.2, 0.25) is 0 Å². The van der Waals surface area contributed by atoms with E-state index in [9.17, 15) is 5.11 Å². The van der Waals surface area contributed by atoms with Gasteiger partial charge < -0.3 is 9.52 Å². The number of hydrogen-bond acceptors (Lipinski definition) is 5. The van der Waals surface area contributed by atoms with Crippen molar-refractivity contribution in [2.24, 2.45) is 5.92 Å². The van der Waals surface area contributed by atoms with E-state index >= 15 is 0 Å².